The van der Waals surface area contributed by atoms with Gasteiger partial charge in [-0.15, -0.1) is 0 Å². The minimum Gasteiger partial charge on any atom is -0.871 e. The van der Waals surface area contributed by atoms with E-state index in [1.807, 2.05) is 24.3 Å². The minimum atomic E-state index is -0.158. The highest BCUT2D eigenvalue weighted by Crippen LogP contribution is 2.41. The summed E-state index contributed by atoms with van der Waals surface area (Å²) < 4.78 is 2.46. The minimum absolute atomic E-state index is 0.158. The molecule has 0 amide bonds. The number of allylic oxidation sites excluding steroid dienone is 7. The first kappa shape index (κ1) is 30.2. The predicted octanol–water partition coefficient (Wildman–Crippen LogP) is 8.81. The van der Waals surface area contributed by atoms with Gasteiger partial charge in [0.2, 0.25) is 11.4 Å². The molecule has 0 N–H and O–H groups in total. The van der Waals surface area contributed by atoms with E-state index in [-0.39, 0.29) is 11.5 Å². The molecule has 0 unspecified atom stereocenters. The van der Waals surface area contributed by atoms with Crippen LogP contribution in [-0.2, 0) is 4.79 Å². The Morgan fingerprint density at radius 2 is 1.30 bits per heavy atom. The Morgan fingerprint density at radius 1 is 0.696 bits per heavy atom. The number of anilines is 2. The van der Waals surface area contributed by atoms with Gasteiger partial charge in [0.15, 0.2) is 11.8 Å². The van der Waals surface area contributed by atoms with E-state index in [4.69, 9.17) is 0 Å². The SMILES string of the molecule is Cc1ccc(N(c2ccc(C3=C([O-])C(=C4C=CC(=[N+](c5ccc(C)cc5C)C5CCCC5)C=C4)C3=O)cc2)C2CCCC2)c(C)c1. The Balaban J connectivity index is 1.18. The van der Waals surface area contributed by atoms with E-state index in [9.17, 15) is 9.90 Å². The summed E-state index contributed by atoms with van der Waals surface area (Å²) in [7, 11) is 0. The molecule has 2 fully saturated rings. The fraction of sp³-hybridized carbons (Fsp3) is 0.333. The van der Waals surface area contributed by atoms with E-state index < -0.39 is 0 Å². The van der Waals surface area contributed by atoms with Gasteiger partial charge in [-0.1, -0.05) is 60.1 Å². The molecule has 0 atom stereocenters. The lowest BCUT2D eigenvalue weighted by Gasteiger charge is -2.34. The van der Waals surface area contributed by atoms with Crippen LogP contribution < -0.4 is 10.0 Å². The van der Waals surface area contributed by atoms with Crippen LogP contribution in [0, 0.1) is 27.7 Å². The number of ketones is 1. The Labute approximate surface area is 273 Å². The Hall–Kier alpha value is -4.44. The maximum atomic E-state index is 13.5. The molecular formula is C42H44N2O2. The Morgan fingerprint density at radius 3 is 1.91 bits per heavy atom. The molecule has 0 saturated heterocycles. The number of Topliss-reactive ketones (excluding diaryl/α,β-unsaturated/α-hetero) is 1. The highest BCUT2D eigenvalue weighted by molar-refractivity contribution is 6.39. The number of aryl methyl sites for hydroxylation is 4. The summed E-state index contributed by atoms with van der Waals surface area (Å²) in [4.78, 5) is 16.0. The third-order valence-corrected chi connectivity index (χ3v) is 10.4. The first-order chi connectivity index (χ1) is 22.3. The lowest BCUT2D eigenvalue weighted by atomic mass is 9.80. The molecule has 4 nitrogen and oxygen atoms in total. The van der Waals surface area contributed by atoms with E-state index in [1.54, 1.807) is 0 Å². The fourth-order valence-corrected chi connectivity index (χ4v) is 8.06. The van der Waals surface area contributed by atoms with Crippen LogP contribution in [-0.4, -0.2) is 28.2 Å². The van der Waals surface area contributed by atoms with Crippen LogP contribution in [0.25, 0.3) is 5.57 Å². The van der Waals surface area contributed by atoms with Crippen molar-refractivity contribution in [3.05, 3.63) is 130 Å². The lowest BCUT2D eigenvalue weighted by molar-refractivity contribution is -0.482. The molecule has 46 heavy (non-hydrogen) atoms. The van der Waals surface area contributed by atoms with Gasteiger partial charge in [0.25, 0.3) is 0 Å². The van der Waals surface area contributed by atoms with Gasteiger partial charge in [-0.05, 0) is 106 Å². The van der Waals surface area contributed by atoms with Crippen molar-refractivity contribution in [1.29, 1.82) is 0 Å². The molecular weight excluding hydrogens is 564 g/mol. The van der Waals surface area contributed by atoms with Gasteiger partial charge in [-0.2, -0.15) is 4.58 Å². The normalized spacial score (nSPS) is 18.6. The second kappa shape index (κ2) is 12.4. The van der Waals surface area contributed by atoms with Gasteiger partial charge in [0, 0.05) is 65.2 Å². The molecule has 0 aliphatic heterocycles. The zero-order chi connectivity index (χ0) is 31.9. The zero-order valence-electron chi connectivity index (χ0n) is 27.6. The second-order valence-electron chi connectivity index (χ2n) is 13.7. The molecule has 4 aliphatic rings. The van der Waals surface area contributed by atoms with E-state index in [2.05, 4.69) is 97.9 Å². The van der Waals surface area contributed by atoms with Crippen molar-refractivity contribution in [2.75, 3.05) is 4.90 Å². The summed E-state index contributed by atoms with van der Waals surface area (Å²) in [5, 5.41) is 13.5. The highest BCUT2D eigenvalue weighted by Gasteiger charge is 2.33. The fourth-order valence-electron chi connectivity index (χ4n) is 8.06. The third-order valence-electron chi connectivity index (χ3n) is 10.4. The van der Waals surface area contributed by atoms with Gasteiger partial charge >= 0.3 is 0 Å². The summed E-state index contributed by atoms with van der Waals surface area (Å²) in [6, 6.07) is 22.3. The standard InChI is InChI=1S/C42H44N2O2/c1-27-13-23-37(29(3)25-27)43(33-9-5-6-10-33)35-19-15-31(16-20-35)39-41(45)40(42(39)46)32-17-21-36(22-18-32)44(34-11-7-8-12-34)38-24-14-28(2)26-30(38)4/h13-26,33-34H,5-12H2,1-4H3. The van der Waals surface area contributed by atoms with Gasteiger partial charge < -0.3 is 10.0 Å². The van der Waals surface area contributed by atoms with Gasteiger partial charge in [-0.25, -0.2) is 0 Å². The van der Waals surface area contributed by atoms with E-state index in [0.29, 0.717) is 34.4 Å². The molecule has 4 aliphatic carbocycles. The third kappa shape index (κ3) is 5.48. The molecule has 0 bridgehead atoms. The van der Waals surface area contributed by atoms with Crippen LogP contribution in [0.15, 0.2) is 102 Å². The molecule has 0 heterocycles. The number of benzene rings is 3. The van der Waals surface area contributed by atoms with E-state index in [0.717, 1.165) is 11.4 Å². The lowest BCUT2D eigenvalue weighted by Crippen LogP contribution is -2.31. The molecule has 7 rings (SSSR count). The van der Waals surface area contributed by atoms with Crippen LogP contribution in [0.1, 0.15) is 79.2 Å². The first-order valence-corrected chi connectivity index (χ1v) is 17.1. The van der Waals surface area contributed by atoms with E-state index in [1.165, 1.54) is 85.0 Å². The summed E-state index contributed by atoms with van der Waals surface area (Å²) in [6.07, 6.45) is 17.7. The van der Waals surface area contributed by atoms with Crippen molar-refractivity contribution in [1.82, 2.24) is 0 Å². The van der Waals surface area contributed by atoms with Crippen LogP contribution in [0.3, 0.4) is 0 Å². The summed E-state index contributed by atoms with van der Waals surface area (Å²) in [5.74, 6) is -0.316. The molecule has 2 saturated carbocycles. The molecule has 0 spiro atoms. The number of carbonyl (C=O) groups is 1. The van der Waals surface area contributed by atoms with Crippen LogP contribution in [0.4, 0.5) is 17.1 Å². The van der Waals surface area contributed by atoms with Crippen LogP contribution >= 0.6 is 0 Å². The Bertz CT molecular complexity index is 1840. The van der Waals surface area contributed by atoms with Crippen molar-refractivity contribution in [2.45, 2.75) is 91.1 Å². The van der Waals surface area contributed by atoms with Gasteiger partial charge in [0.1, 0.15) is 0 Å². The van der Waals surface area contributed by atoms with Crippen LogP contribution in [0.5, 0.6) is 0 Å². The topological polar surface area (TPSA) is 46.4 Å². The van der Waals surface area contributed by atoms with Gasteiger partial charge in [0.05, 0.1) is 0 Å². The molecule has 4 heteroatoms. The molecule has 234 valence electrons. The van der Waals surface area contributed by atoms with Crippen LogP contribution in [0.2, 0.25) is 0 Å². The number of nitrogens with zero attached hydrogens (tertiary/aromatic N) is 2. The summed E-state index contributed by atoms with van der Waals surface area (Å²) in [5.41, 5.74) is 11.7. The van der Waals surface area contributed by atoms with Crippen molar-refractivity contribution >= 4 is 34.1 Å². The molecule has 0 radical (unpaired) electrons. The monoisotopic (exact) mass is 608 g/mol. The smallest absolute Gasteiger partial charge is 0.208 e. The largest absolute Gasteiger partial charge is 0.871 e. The maximum absolute atomic E-state index is 13.5. The maximum Gasteiger partial charge on any atom is 0.208 e. The van der Waals surface area contributed by atoms with Crippen molar-refractivity contribution in [3.8, 4) is 0 Å². The van der Waals surface area contributed by atoms with Gasteiger partial charge in [-0.3, -0.25) is 4.79 Å². The Kier molecular flexibility index (Phi) is 8.15. The number of carbonyl (C=O) groups excluding carboxylic acids is 1. The second-order valence-corrected chi connectivity index (χ2v) is 13.7. The van der Waals surface area contributed by atoms with Crippen molar-refractivity contribution < 1.29 is 14.5 Å². The average molecular weight is 609 g/mol. The molecule has 3 aromatic rings. The molecule has 0 aromatic heterocycles. The number of rotatable bonds is 6. The quantitative estimate of drug-likeness (QED) is 0.208. The number of hydrogen-bond donors (Lipinski definition) is 0. The summed E-state index contributed by atoms with van der Waals surface area (Å²) >= 11 is 0. The highest BCUT2D eigenvalue weighted by atomic mass is 16.3. The van der Waals surface area contributed by atoms with Crippen molar-refractivity contribution in [3.63, 3.8) is 0 Å². The zero-order valence-corrected chi connectivity index (χ0v) is 27.6. The summed E-state index contributed by atoms with van der Waals surface area (Å²) in [6.45, 7) is 8.62. The first-order valence-electron chi connectivity index (χ1n) is 17.1. The predicted molar refractivity (Wildman–Crippen MR) is 187 cm³/mol. The van der Waals surface area contributed by atoms with E-state index >= 15 is 0 Å². The average Bonchev–Trinajstić information content (AvgIpc) is 3.77. The molecule has 3 aromatic carbocycles. The van der Waals surface area contributed by atoms with Crippen molar-refractivity contribution in [2.24, 2.45) is 0 Å². The number of hydrogen-bond acceptors (Lipinski definition) is 3.